The number of halogens is 1. The number of nitrogen functional groups attached to an aromatic ring is 1. The van der Waals surface area contributed by atoms with Gasteiger partial charge in [-0.1, -0.05) is 0 Å². The fourth-order valence-electron chi connectivity index (χ4n) is 1.52. The Morgan fingerprint density at radius 3 is 2.85 bits per heavy atom. The molecule has 0 amide bonds. The number of thiophene rings is 1. The van der Waals surface area contributed by atoms with Crippen LogP contribution in [0, 0.1) is 0 Å². The highest BCUT2D eigenvalue weighted by Crippen LogP contribution is 2.22. The Labute approximate surface area is 129 Å². The van der Waals surface area contributed by atoms with Crippen molar-refractivity contribution in [2.24, 2.45) is 5.84 Å². The Kier molecular flexibility index (Phi) is 5.10. The second-order valence-corrected chi connectivity index (χ2v) is 5.82. The van der Waals surface area contributed by atoms with E-state index >= 15 is 0 Å². The Morgan fingerprint density at radius 2 is 2.25 bits per heavy atom. The van der Waals surface area contributed by atoms with Gasteiger partial charge in [-0.25, -0.2) is 5.84 Å². The maximum atomic E-state index is 5.36. The molecule has 0 radical (unpaired) electrons. The number of nitrogens with two attached hydrogens (primary N) is 1. The molecule has 0 bridgehead atoms. The molecule has 0 aromatic carbocycles. The highest BCUT2D eigenvalue weighted by molar-refractivity contribution is 9.10. The first-order valence-electron chi connectivity index (χ1n) is 5.92. The summed E-state index contributed by atoms with van der Waals surface area (Å²) >= 11 is 5.10. The van der Waals surface area contributed by atoms with Crippen LogP contribution in [0.1, 0.15) is 11.8 Å². The van der Waals surface area contributed by atoms with Crippen molar-refractivity contribution in [2.75, 3.05) is 24.0 Å². The van der Waals surface area contributed by atoms with E-state index < -0.39 is 0 Å². The van der Waals surface area contributed by atoms with Crippen LogP contribution >= 0.6 is 27.3 Å². The Balaban J connectivity index is 2.19. The van der Waals surface area contributed by atoms with Crippen LogP contribution in [0.2, 0.25) is 0 Å². The number of rotatable bonds is 6. The van der Waals surface area contributed by atoms with E-state index in [1.54, 1.807) is 11.3 Å². The lowest BCUT2D eigenvalue weighted by Gasteiger charge is -2.17. The van der Waals surface area contributed by atoms with Crippen molar-refractivity contribution in [3.63, 3.8) is 0 Å². The third kappa shape index (κ3) is 3.78. The second kappa shape index (κ2) is 6.82. The molecule has 9 heteroatoms. The molecule has 2 rings (SSSR count). The zero-order chi connectivity index (χ0) is 14.5. The summed E-state index contributed by atoms with van der Waals surface area (Å²) in [5.74, 6) is 6.14. The minimum absolute atomic E-state index is 0.254. The molecule has 0 unspecified atom stereocenters. The molecular weight excluding hydrogens is 344 g/mol. The average molecular weight is 359 g/mol. The number of hydrogen-bond donors (Lipinski definition) is 2. The van der Waals surface area contributed by atoms with Gasteiger partial charge in [0.05, 0.1) is 13.2 Å². The lowest BCUT2D eigenvalue weighted by atomic mass is 10.4. The van der Waals surface area contributed by atoms with Gasteiger partial charge < -0.3 is 9.64 Å². The highest BCUT2D eigenvalue weighted by atomic mass is 79.9. The van der Waals surface area contributed by atoms with Crippen molar-refractivity contribution in [3.8, 4) is 6.01 Å². The standard InChI is InChI=1S/C11H15BrN6OS/c1-3-19-11-15-9(17-13)14-10(16-11)18(2)5-8-4-7(12)6-20-8/h4,6H,3,5,13H2,1-2H3,(H,14,15,16,17). The Morgan fingerprint density at radius 1 is 1.45 bits per heavy atom. The first-order valence-corrected chi connectivity index (χ1v) is 7.59. The lowest BCUT2D eigenvalue weighted by Crippen LogP contribution is -2.21. The van der Waals surface area contributed by atoms with Crippen molar-refractivity contribution < 1.29 is 4.74 Å². The molecule has 0 atom stereocenters. The van der Waals surface area contributed by atoms with E-state index in [4.69, 9.17) is 10.6 Å². The Hall–Kier alpha value is -1.45. The van der Waals surface area contributed by atoms with Crippen LogP contribution in [0.4, 0.5) is 11.9 Å². The number of ether oxygens (including phenoxy) is 1. The van der Waals surface area contributed by atoms with Gasteiger partial charge in [0.2, 0.25) is 11.9 Å². The summed E-state index contributed by atoms with van der Waals surface area (Å²) in [6.07, 6.45) is 0. The maximum Gasteiger partial charge on any atom is 0.323 e. The SMILES string of the molecule is CCOc1nc(NN)nc(N(C)Cc2cc(Br)cs2)n1. The predicted octanol–water partition coefficient (Wildman–Crippen LogP) is 2.02. The second-order valence-electron chi connectivity index (χ2n) is 3.91. The summed E-state index contributed by atoms with van der Waals surface area (Å²) < 4.78 is 6.37. The highest BCUT2D eigenvalue weighted by Gasteiger charge is 2.12. The topological polar surface area (TPSA) is 89.2 Å². The third-order valence-corrected chi connectivity index (χ3v) is 4.04. The van der Waals surface area contributed by atoms with E-state index in [0.29, 0.717) is 19.1 Å². The van der Waals surface area contributed by atoms with E-state index in [1.165, 1.54) is 4.88 Å². The van der Waals surface area contributed by atoms with Gasteiger partial charge in [-0.15, -0.1) is 11.3 Å². The molecule has 0 aliphatic rings. The number of hydrogen-bond acceptors (Lipinski definition) is 8. The first-order chi connectivity index (χ1) is 9.62. The zero-order valence-electron chi connectivity index (χ0n) is 11.1. The molecule has 0 spiro atoms. The van der Waals surface area contributed by atoms with Crippen LogP contribution in [0.25, 0.3) is 0 Å². The van der Waals surface area contributed by atoms with Gasteiger partial charge in [-0.05, 0) is 28.9 Å². The van der Waals surface area contributed by atoms with Gasteiger partial charge in [0.15, 0.2) is 0 Å². The minimum atomic E-state index is 0.254. The van der Waals surface area contributed by atoms with Gasteiger partial charge in [-0.3, -0.25) is 5.43 Å². The van der Waals surface area contributed by atoms with Gasteiger partial charge in [-0.2, -0.15) is 15.0 Å². The number of aromatic nitrogens is 3. The fraction of sp³-hybridized carbons (Fsp3) is 0.364. The van der Waals surface area contributed by atoms with E-state index in [1.807, 2.05) is 24.3 Å². The molecule has 2 aromatic rings. The summed E-state index contributed by atoms with van der Waals surface area (Å²) in [5.41, 5.74) is 2.42. The van der Waals surface area contributed by atoms with Crippen molar-refractivity contribution >= 4 is 39.2 Å². The predicted molar refractivity (Wildman–Crippen MR) is 82.9 cm³/mol. The van der Waals surface area contributed by atoms with Gasteiger partial charge >= 0.3 is 6.01 Å². The van der Waals surface area contributed by atoms with Crippen molar-refractivity contribution in [1.82, 2.24) is 15.0 Å². The molecule has 20 heavy (non-hydrogen) atoms. The largest absolute Gasteiger partial charge is 0.464 e. The lowest BCUT2D eigenvalue weighted by molar-refractivity contribution is 0.312. The summed E-state index contributed by atoms with van der Waals surface area (Å²) in [5, 5.41) is 2.04. The summed E-state index contributed by atoms with van der Waals surface area (Å²) in [7, 11) is 1.90. The fourth-order valence-corrected chi connectivity index (χ4v) is 3.02. The first kappa shape index (κ1) is 14.9. The number of nitrogens with one attached hydrogen (secondary N) is 1. The van der Waals surface area contributed by atoms with Crippen LogP contribution in [0.5, 0.6) is 6.01 Å². The summed E-state index contributed by atoms with van der Waals surface area (Å²) in [6.45, 7) is 3.04. The summed E-state index contributed by atoms with van der Waals surface area (Å²) in [6, 6.07) is 2.32. The van der Waals surface area contributed by atoms with Crippen molar-refractivity contribution in [1.29, 1.82) is 0 Å². The molecule has 0 aliphatic carbocycles. The molecule has 108 valence electrons. The van der Waals surface area contributed by atoms with Crippen LogP contribution < -0.4 is 20.9 Å². The molecule has 7 nitrogen and oxygen atoms in total. The third-order valence-electron chi connectivity index (χ3n) is 2.36. The Bertz CT molecular complexity index is 578. The molecule has 3 N–H and O–H groups in total. The average Bonchev–Trinajstić information content (AvgIpc) is 2.84. The minimum Gasteiger partial charge on any atom is -0.464 e. The van der Waals surface area contributed by atoms with E-state index in [2.05, 4.69) is 42.4 Å². The van der Waals surface area contributed by atoms with Crippen LogP contribution in [-0.4, -0.2) is 28.6 Å². The number of anilines is 2. The molecule has 2 aromatic heterocycles. The normalized spacial score (nSPS) is 10.4. The molecular formula is C11H15BrN6OS. The maximum absolute atomic E-state index is 5.36. The smallest absolute Gasteiger partial charge is 0.323 e. The van der Waals surface area contributed by atoms with Crippen LogP contribution in [0.15, 0.2) is 15.9 Å². The van der Waals surface area contributed by atoms with Crippen molar-refractivity contribution in [3.05, 3.63) is 20.8 Å². The molecule has 0 saturated carbocycles. The molecule has 2 heterocycles. The number of nitrogens with zero attached hydrogens (tertiary/aromatic N) is 4. The van der Waals surface area contributed by atoms with E-state index in [9.17, 15) is 0 Å². The van der Waals surface area contributed by atoms with Crippen LogP contribution in [0.3, 0.4) is 0 Å². The molecule has 0 aliphatic heterocycles. The van der Waals surface area contributed by atoms with Crippen LogP contribution in [-0.2, 0) is 6.54 Å². The van der Waals surface area contributed by atoms with E-state index in [-0.39, 0.29) is 12.0 Å². The van der Waals surface area contributed by atoms with E-state index in [0.717, 1.165) is 4.47 Å². The molecule has 0 saturated heterocycles. The molecule has 0 fully saturated rings. The van der Waals surface area contributed by atoms with Crippen molar-refractivity contribution in [2.45, 2.75) is 13.5 Å². The van der Waals surface area contributed by atoms with Gasteiger partial charge in [0.1, 0.15) is 0 Å². The van der Waals surface area contributed by atoms with Gasteiger partial charge in [0.25, 0.3) is 0 Å². The quantitative estimate of drug-likeness (QED) is 0.602. The zero-order valence-corrected chi connectivity index (χ0v) is 13.5. The van der Waals surface area contributed by atoms with Gasteiger partial charge in [0, 0.05) is 21.8 Å². The monoisotopic (exact) mass is 358 g/mol. The summed E-state index contributed by atoms with van der Waals surface area (Å²) in [4.78, 5) is 15.6. The number of hydrazine groups is 1.